The van der Waals surface area contributed by atoms with E-state index in [1.807, 2.05) is 0 Å². The van der Waals surface area contributed by atoms with E-state index in [-0.39, 0.29) is 17.9 Å². The fourth-order valence-electron chi connectivity index (χ4n) is 2.93. The van der Waals surface area contributed by atoms with E-state index in [1.165, 1.54) is 22.5 Å². The van der Waals surface area contributed by atoms with E-state index in [1.54, 1.807) is 0 Å². The average molecular weight is 330 g/mol. The summed E-state index contributed by atoms with van der Waals surface area (Å²) in [5.74, 6) is 0.0291. The molecule has 23 heavy (non-hydrogen) atoms. The lowest BCUT2D eigenvalue weighted by Crippen LogP contribution is -2.34. The Morgan fingerprint density at radius 1 is 1.30 bits per heavy atom. The van der Waals surface area contributed by atoms with Gasteiger partial charge in [-0.25, -0.2) is 0 Å². The molecule has 122 valence electrons. The summed E-state index contributed by atoms with van der Waals surface area (Å²) in [6.07, 6.45) is 4.45. The van der Waals surface area contributed by atoms with Crippen molar-refractivity contribution in [2.75, 3.05) is 5.32 Å². The molecule has 1 heterocycles. The number of rotatable bonds is 4. The number of aromatic nitrogens is 2. The molecule has 3 N–H and O–H groups in total. The standard InChI is InChI=1S/C17H22N4OS/c1-11-5-7-12(8-6-11)9-15-20-21-17(23-15)19-16(22)13-3-2-4-14(18)10-13/h5-8,13-14H,2-4,9-10,18H2,1H3,(H,19,21,22). The number of hydrogen-bond acceptors (Lipinski definition) is 5. The van der Waals surface area contributed by atoms with E-state index in [9.17, 15) is 4.79 Å². The second-order valence-corrected chi connectivity index (χ2v) is 7.34. The molecule has 1 aromatic heterocycles. The first-order valence-corrected chi connectivity index (χ1v) is 8.86. The number of benzene rings is 1. The summed E-state index contributed by atoms with van der Waals surface area (Å²) in [5, 5.41) is 12.6. The largest absolute Gasteiger partial charge is 0.328 e. The van der Waals surface area contributed by atoms with Crippen molar-refractivity contribution in [2.45, 2.75) is 45.1 Å². The molecule has 1 saturated carbocycles. The fourth-order valence-corrected chi connectivity index (χ4v) is 3.71. The average Bonchev–Trinajstić information content (AvgIpc) is 2.96. The van der Waals surface area contributed by atoms with E-state index in [4.69, 9.17) is 5.73 Å². The first-order valence-electron chi connectivity index (χ1n) is 8.04. The minimum absolute atomic E-state index is 0.00296. The normalized spacial score (nSPS) is 21.1. The van der Waals surface area contributed by atoms with Crippen LogP contribution in [0.3, 0.4) is 0 Å². The Kier molecular flexibility index (Phi) is 5.03. The third-order valence-electron chi connectivity index (χ3n) is 4.26. The Morgan fingerprint density at radius 2 is 2.09 bits per heavy atom. The van der Waals surface area contributed by atoms with Gasteiger partial charge in [-0.1, -0.05) is 47.6 Å². The summed E-state index contributed by atoms with van der Waals surface area (Å²) in [6.45, 7) is 2.07. The van der Waals surface area contributed by atoms with Crippen LogP contribution < -0.4 is 11.1 Å². The van der Waals surface area contributed by atoms with E-state index < -0.39 is 0 Å². The summed E-state index contributed by atoms with van der Waals surface area (Å²) in [7, 11) is 0. The number of carbonyl (C=O) groups is 1. The number of amides is 1. The van der Waals surface area contributed by atoms with Crippen molar-refractivity contribution in [3.05, 3.63) is 40.4 Å². The number of hydrogen-bond donors (Lipinski definition) is 2. The molecule has 0 radical (unpaired) electrons. The van der Waals surface area contributed by atoms with Crippen molar-refractivity contribution in [1.29, 1.82) is 0 Å². The lowest BCUT2D eigenvalue weighted by molar-refractivity contribution is -0.120. The van der Waals surface area contributed by atoms with Gasteiger partial charge in [0.1, 0.15) is 5.01 Å². The predicted octanol–water partition coefficient (Wildman–Crippen LogP) is 2.89. The Hall–Kier alpha value is -1.79. The number of nitrogens with one attached hydrogen (secondary N) is 1. The van der Waals surface area contributed by atoms with E-state index >= 15 is 0 Å². The monoisotopic (exact) mass is 330 g/mol. The highest BCUT2D eigenvalue weighted by molar-refractivity contribution is 7.15. The molecule has 1 aliphatic carbocycles. The van der Waals surface area contributed by atoms with Crippen LogP contribution in [0.15, 0.2) is 24.3 Å². The van der Waals surface area contributed by atoms with Crippen molar-refractivity contribution in [2.24, 2.45) is 11.7 Å². The number of nitrogens with two attached hydrogens (primary N) is 1. The molecular formula is C17H22N4OS. The van der Waals surface area contributed by atoms with Crippen molar-refractivity contribution in [1.82, 2.24) is 10.2 Å². The van der Waals surface area contributed by atoms with Crippen LogP contribution in [0.5, 0.6) is 0 Å². The van der Waals surface area contributed by atoms with Gasteiger partial charge in [0.25, 0.3) is 0 Å². The zero-order valence-corrected chi connectivity index (χ0v) is 14.1. The third kappa shape index (κ3) is 4.36. The highest BCUT2D eigenvalue weighted by Gasteiger charge is 2.26. The fraction of sp³-hybridized carbons (Fsp3) is 0.471. The molecule has 6 heteroatoms. The second kappa shape index (κ2) is 7.19. The second-order valence-electron chi connectivity index (χ2n) is 6.28. The van der Waals surface area contributed by atoms with Gasteiger partial charge in [-0.15, -0.1) is 10.2 Å². The minimum atomic E-state index is 0.00296. The summed E-state index contributed by atoms with van der Waals surface area (Å²) in [5.41, 5.74) is 8.39. The minimum Gasteiger partial charge on any atom is -0.328 e. The lowest BCUT2D eigenvalue weighted by atomic mass is 9.86. The first-order chi connectivity index (χ1) is 11.1. The van der Waals surface area contributed by atoms with E-state index in [0.29, 0.717) is 5.13 Å². The molecule has 0 bridgehead atoms. The molecule has 1 aliphatic rings. The summed E-state index contributed by atoms with van der Waals surface area (Å²) >= 11 is 1.44. The molecule has 3 rings (SSSR count). The maximum Gasteiger partial charge on any atom is 0.229 e. The highest BCUT2D eigenvalue weighted by Crippen LogP contribution is 2.25. The van der Waals surface area contributed by atoms with Crippen LogP contribution in [0.2, 0.25) is 0 Å². The van der Waals surface area contributed by atoms with Gasteiger partial charge in [-0.2, -0.15) is 0 Å². The maximum atomic E-state index is 12.3. The van der Waals surface area contributed by atoms with Gasteiger partial charge < -0.3 is 11.1 Å². The van der Waals surface area contributed by atoms with Gasteiger partial charge in [-0.3, -0.25) is 4.79 Å². The van der Waals surface area contributed by atoms with Crippen LogP contribution in [0.4, 0.5) is 5.13 Å². The summed E-state index contributed by atoms with van der Waals surface area (Å²) < 4.78 is 0. The van der Waals surface area contributed by atoms with Gasteiger partial charge in [0, 0.05) is 18.4 Å². The van der Waals surface area contributed by atoms with E-state index in [2.05, 4.69) is 46.7 Å². The predicted molar refractivity (Wildman–Crippen MR) is 92.5 cm³/mol. The molecule has 1 aromatic carbocycles. The molecule has 2 unspecified atom stereocenters. The van der Waals surface area contributed by atoms with Crippen molar-refractivity contribution in [3.63, 3.8) is 0 Å². The Labute approximate surface area is 140 Å². The van der Waals surface area contributed by atoms with Crippen LogP contribution in [-0.2, 0) is 11.2 Å². The van der Waals surface area contributed by atoms with Crippen LogP contribution in [0.25, 0.3) is 0 Å². The van der Waals surface area contributed by atoms with Crippen molar-refractivity contribution >= 4 is 22.4 Å². The smallest absolute Gasteiger partial charge is 0.229 e. The molecular weight excluding hydrogens is 308 g/mol. The molecule has 1 fully saturated rings. The number of carbonyl (C=O) groups excluding carboxylic acids is 1. The van der Waals surface area contributed by atoms with Crippen LogP contribution in [0.1, 0.15) is 41.8 Å². The topological polar surface area (TPSA) is 80.9 Å². The lowest BCUT2D eigenvalue weighted by Gasteiger charge is -2.25. The van der Waals surface area contributed by atoms with Crippen molar-refractivity contribution in [3.8, 4) is 0 Å². The molecule has 2 aromatic rings. The van der Waals surface area contributed by atoms with Gasteiger partial charge >= 0.3 is 0 Å². The highest BCUT2D eigenvalue weighted by atomic mass is 32.1. The zero-order valence-electron chi connectivity index (χ0n) is 13.3. The van der Waals surface area contributed by atoms with Crippen LogP contribution >= 0.6 is 11.3 Å². The molecule has 0 saturated heterocycles. The summed E-state index contributed by atoms with van der Waals surface area (Å²) in [4.78, 5) is 12.3. The molecule has 0 aliphatic heterocycles. The number of nitrogens with zero attached hydrogens (tertiary/aromatic N) is 2. The van der Waals surface area contributed by atoms with Crippen molar-refractivity contribution < 1.29 is 4.79 Å². The van der Waals surface area contributed by atoms with Crippen LogP contribution in [-0.4, -0.2) is 22.1 Å². The number of aryl methyl sites for hydroxylation is 1. The Bertz CT molecular complexity index is 667. The van der Waals surface area contributed by atoms with Crippen LogP contribution in [0, 0.1) is 12.8 Å². The van der Waals surface area contributed by atoms with Gasteiger partial charge in [0.15, 0.2) is 0 Å². The zero-order chi connectivity index (χ0) is 16.2. The summed E-state index contributed by atoms with van der Waals surface area (Å²) in [6, 6.07) is 8.51. The van der Waals surface area contributed by atoms with E-state index in [0.717, 1.165) is 37.1 Å². The molecule has 5 nitrogen and oxygen atoms in total. The first kappa shape index (κ1) is 16.1. The van der Waals surface area contributed by atoms with Gasteiger partial charge in [0.05, 0.1) is 0 Å². The Balaban J connectivity index is 1.58. The molecule has 1 amide bonds. The third-order valence-corrected chi connectivity index (χ3v) is 5.10. The SMILES string of the molecule is Cc1ccc(Cc2nnc(NC(=O)C3CCCC(N)C3)s2)cc1. The van der Waals surface area contributed by atoms with Gasteiger partial charge in [0.2, 0.25) is 11.0 Å². The molecule has 0 spiro atoms. The maximum absolute atomic E-state index is 12.3. The van der Waals surface area contributed by atoms with Gasteiger partial charge in [-0.05, 0) is 31.7 Å². The molecule has 2 atom stereocenters. The quantitative estimate of drug-likeness (QED) is 0.903. The number of anilines is 1. The Morgan fingerprint density at radius 3 is 2.83 bits per heavy atom.